The molecule has 2 atom stereocenters. The molecular weight excluding hydrogens is 206 g/mol. The highest BCUT2D eigenvalue weighted by Gasteiger charge is 2.24. The number of nitrogens with zero attached hydrogens (tertiary/aromatic N) is 2. The van der Waals surface area contributed by atoms with Gasteiger partial charge in [0, 0.05) is 6.26 Å². The lowest BCUT2D eigenvalue weighted by Gasteiger charge is -2.01. The molecule has 0 aliphatic rings. The van der Waals surface area contributed by atoms with E-state index in [1.807, 2.05) is 0 Å². The van der Waals surface area contributed by atoms with E-state index in [0.29, 0.717) is 5.82 Å². The quantitative estimate of drug-likeness (QED) is 0.779. The van der Waals surface area contributed by atoms with Gasteiger partial charge in [-0.15, -0.1) is 0 Å². The third kappa shape index (κ3) is 2.30. The van der Waals surface area contributed by atoms with Crippen LogP contribution >= 0.6 is 0 Å². The molecule has 0 radical (unpaired) electrons. The molecule has 0 fully saturated rings. The summed E-state index contributed by atoms with van der Waals surface area (Å²) in [6.45, 7) is 3.19. The van der Waals surface area contributed by atoms with E-state index in [9.17, 15) is 8.42 Å². The maximum atomic E-state index is 11.2. The SMILES string of the molecule is CC(N)c1noc(C(C)S(C)(=O)=O)n1. The minimum atomic E-state index is -3.21. The summed E-state index contributed by atoms with van der Waals surface area (Å²) in [5.41, 5.74) is 5.50. The number of sulfone groups is 1. The summed E-state index contributed by atoms with van der Waals surface area (Å²) in [5, 5.41) is 2.79. The molecule has 1 rings (SSSR count). The predicted octanol–water partition coefficient (Wildman–Crippen LogP) is 0.195. The van der Waals surface area contributed by atoms with Crippen LogP contribution < -0.4 is 5.73 Å². The molecule has 0 saturated heterocycles. The Morgan fingerprint density at radius 2 is 2.00 bits per heavy atom. The molecule has 6 nitrogen and oxygen atoms in total. The Kier molecular flexibility index (Phi) is 2.91. The minimum Gasteiger partial charge on any atom is -0.338 e. The molecule has 1 heterocycles. The van der Waals surface area contributed by atoms with Crippen molar-refractivity contribution in [2.45, 2.75) is 25.1 Å². The number of rotatable bonds is 3. The van der Waals surface area contributed by atoms with Crippen molar-refractivity contribution >= 4 is 9.84 Å². The summed E-state index contributed by atoms with van der Waals surface area (Å²) in [6.07, 6.45) is 1.12. The van der Waals surface area contributed by atoms with Gasteiger partial charge < -0.3 is 10.3 Å². The van der Waals surface area contributed by atoms with E-state index >= 15 is 0 Å². The van der Waals surface area contributed by atoms with Crippen LogP contribution in [0.2, 0.25) is 0 Å². The Bertz CT molecular complexity index is 410. The van der Waals surface area contributed by atoms with Crippen molar-refractivity contribution in [3.05, 3.63) is 11.7 Å². The zero-order valence-electron chi connectivity index (χ0n) is 8.26. The molecule has 0 saturated carbocycles. The summed E-state index contributed by atoms with van der Waals surface area (Å²) in [5.74, 6) is 0.398. The van der Waals surface area contributed by atoms with Crippen molar-refractivity contribution < 1.29 is 12.9 Å². The van der Waals surface area contributed by atoms with Gasteiger partial charge in [-0.25, -0.2) is 8.42 Å². The topological polar surface area (TPSA) is 99.1 Å². The highest BCUT2D eigenvalue weighted by atomic mass is 32.2. The van der Waals surface area contributed by atoms with Crippen molar-refractivity contribution in [3.63, 3.8) is 0 Å². The molecule has 80 valence electrons. The third-order valence-corrected chi connectivity index (χ3v) is 3.34. The summed E-state index contributed by atoms with van der Waals surface area (Å²) < 4.78 is 27.1. The number of aromatic nitrogens is 2. The molecule has 0 aliphatic heterocycles. The summed E-state index contributed by atoms with van der Waals surface area (Å²) in [4.78, 5) is 3.89. The van der Waals surface area contributed by atoms with Gasteiger partial charge in [0.25, 0.3) is 0 Å². The van der Waals surface area contributed by atoms with E-state index in [1.165, 1.54) is 6.92 Å². The van der Waals surface area contributed by atoms with Crippen molar-refractivity contribution in [2.24, 2.45) is 5.73 Å². The number of nitrogens with two attached hydrogens (primary N) is 1. The Morgan fingerprint density at radius 1 is 1.43 bits per heavy atom. The van der Waals surface area contributed by atoms with Gasteiger partial charge in [-0.3, -0.25) is 0 Å². The molecule has 1 aromatic heterocycles. The van der Waals surface area contributed by atoms with Crippen LogP contribution in [-0.4, -0.2) is 24.8 Å². The van der Waals surface area contributed by atoms with Gasteiger partial charge in [0.05, 0.1) is 6.04 Å². The van der Waals surface area contributed by atoms with Crippen molar-refractivity contribution in [2.75, 3.05) is 6.26 Å². The highest BCUT2D eigenvalue weighted by molar-refractivity contribution is 7.90. The molecular formula is C7H13N3O3S. The zero-order chi connectivity index (χ0) is 10.9. The van der Waals surface area contributed by atoms with Gasteiger partial charge in [-0.1, -0.05) is 5.16 Å². The second kappa shape index (κ2) is 3.66. The van der Waals surface area contributed by atoms with Crippen LogP contribution in [0.25, 0.3) is 0 Å². The Morgan fingerprint density at radius 3 is 2.36 bits per heavy atom. The normalized spacial score (nSPS) is 16.6. The first-order chi connectivity index (χ1) is 6.32. The van der Waals surface area contributed by atoms with Crippen LogP contribution in [0.15, 0.2) is 4.52 Å². The molecule has 0 bridgehead atoms. The molecule has 2 unspecified atom stereocenters. The fourth-order valence-electron chi connectivity index (χ4n) is 0.780. The average Bonchev–Trinajstić information content (AvgIpc) is 2.48. The monoisotopic (exact) mass is 219 g/mol. The first kappa shape index (κ1) is 11.1. The van der Waals surface area contributed by atoms with Crippen molar-refractivity contribution in [1.29, 1.82) is 0 Å². The van der Waals surface area contributed by atoms with E-state index in [2.05, 4.69) is 10.1 Å². The van der Waals surface area contributed by atoms with Crippen LogP contribution in [0.5, 0.6) is 0 Å². The summed E-state index contributed by atoms with van der Waals surface area (Å²) in [6, 6.07) is -0.362. The Labute approximate surface area is 82.4 Å². The largest absolute Gasteiger partial charge is 0.338 e. The zero-order valence-corrected chi connectivity index (χ0v) is 9.08. The van der Waals surface area contributed by atoms with Crippen LogP contribution in [0.1, 0.15) is 36.9 Å². The number of hydrogen-bond donors (Lipinski definition) is 1. The Balaban J connectivity index is 2.98. The standard InChI is InChI=1S/C7H13N3O3S/c1-4(8)6-9-7(13-10-6)5(2)14(3,11)12/h4-5H,8H2,1-3H3. The lowest BCUT2D eigenvalue weighted by Crippen LogP contribution is -2.10. The minimum absolute atomic E-state index is 0.0831. The van der Waals surface area contributed by atoms with E-state index in [4.69, 9.17) is 10.3 Å². The van der Waals surface area contributed by atoms with Gasteiger partial charge in [0.15, 0.2) is 15.7 Å². The summed E-state index contributed by atoms with van der Waals surface area (Å²) >= 11 is 0. The smallest absolute Gasteiger partial charge is 0.244 e. The summed E-state index contributed by atoms with van der Waals surface area (Å²) in [7, 11) is -3.21. The maximum Gasteiger partial charge on any atom is 0.244 e. The lowest BCUT2D eigenvalue weighted by atomic mass is 10.3. The van der Waals surface area contributed by atoms with Crippen molar-refractivity contribution in [1.82, 2.24) is 10.1 Å². The first-order valence-corrected chi connectivity index (χ1v) is 6.05. The Hall–Kier alpha value is -0.950. The van der Waals surface area contributed by atoms with Crippen LogP contribution in [0, 0.1) is 0 Å². The van der Waals surface area contributed by atoms with Gasteiger partial charge >= 0.3 is 0 Å². The van der Waals surface area contributed by atoms with Crippen molar-refractivity contribution in [3.8, 4) is 0 Å². The molecule has 0 aliphatic carbocycles. The fraction of sp³-hybridized carbons (Fsp3) is 0.714. The van der Waals surface area contributed by atoms with Crippen LogP contribution in [0.3, 0.4) is 0 Å². The van der Waals surface area contributed by atoms with Gasteiger partial charge in [-0.2, -0.15) is 4.98 Å². The molecule has 0 aromatic carbocycles. The molecule has 1 aromatic rings. The van der Waals surface area contributed by atoms with E-state index in [0.717, 1.165) is 6.26 Å². The lowest BCUT2D eigenvalue weighted by molar-refractivity contribution is 0.369. The fourth-order valence-corrected chi connectivity index (χ4v) is 1.24. The van der Waals surface area contributed by atoms with Gasteiger partial charge in [-0.05, 0) is 13.8 Å². The molecule has 0 spiro atoms. The predicted molar refractivity (Wildman–Crippen MR) is 50.2 cm³/mol. The number of hydrogen-bond acceptors (Lipinski definition) is 6. The molecule has 2 N–H and O–H groups in total. The van der Waals surface area contributed by atoms with Gasteiger partial charge in [0.1, 0.15) is 5.25 Å². The highest BCUT2D eigenvalue weighted by Crippen LogP contribution is 2.19. The third-order valence-electron chi connectivity index (χ3n) is 1.85. The second-order valence-electron chi connectivity index (χ2n) is 3.25. The average molecular weight is 219 g/mol. The second-order valence-corrected chi connectivity index (χ2v) is 5.62. The van der Waals surface area contributed by atoms with E-state index in [1.54, 1.807) is 6.92 Å². The van der Waals surface area contributed by atoms with E-state index < -0.39 is 15.1 Å². The van der Waals surface area contributed by atoms with Gasteiger partial charge in [0.2, 0.25) is 5.89 Å². The first-order valence-electron chi connectivity index (χ1n) is 4.10. The van der Waals surface area contributed by atoms with Crippen LogP contribution in [-0.2, 0) is 9.84 Å². The van der Waals surface area contributed by atoms with E-state index in [-0.39, 0.29) is 11.9 Å². The molecule has 0 amide bonds. The van der Waals surface area contributed by atoms with Crippen LogP contribution in [0.4, 0.5) is 0 Å². The molecule has 14 heavy (non-hydrogen) atoms. The maximum absolute atomic E-state index is 11.2. The molecule has 7 heteroatoms.